The Morgan fingerprint density at radius 2 is 1.84 bits per heavy atom. The Morgan fingerprint density at radius 1 is 1.16 bits per heavy atom. The normalized spacial score (nSPS) is 14.2. The van der Waals surface area contributed by atoms with Crippen LogP contribution >= 0.6 is 23.8 Å². The van der Waals surface area contributed by atoms with Gasteiger partial charge in [-0.25, -0.2) is 0 Å². The first kappa shape index (κ1) is 23.2. The Labute approximate surface area is 192 Å². The van der Waals surface area contributed by atoms with E-state index < -0.39 is 4.92 Å². The third kappa shape index (κ3) is 5.40. The van der Waals surface area contributed by atoms with Crippen LogP contribution in [0, 0.1) is 15.5 Å². The van der Waals surface area contributed by atoms with Crippen molar-refractivity contribution in [1.29, 1.82) is 0 Å². The van der Waals surface area contributed by atoms with E-state index in [1.165, 1.54) is 18.6 Å². The lowest BCUT2D eigenvalue weighted by atomic mass is 9.91. The van der Waals surface area contributed by atoms with Gasteiger partial charge in [0.25, 0.3) is 5.69 Å². The summed E-state index contributed by atoms with van der Waals surface area (Å²) in [6.45, 7) is 6.56. The van der Waals surface area contributed by atoms with Crippen LogP contribution in [0.2, 0.25) is 5.02 Å². The molecular weight excluding hydrogens is 434 g/mol. The molecule has 0 amide bonds. The minimum Gasteiger partial charge on any atom is -0.383 e. The van der Waals surface area contributed by atoms with E-state index in [-0.39, 0.29) is 22.4 Å². The van der Waals surface area contributed by atoms with Crippen molar-refractivity contribution in [2.45, 2.75) is 33.1 Å². The van der Waals surface area contributed by atoms with E-state index in [4.69, 9.17) is 23.8 Å². The van der Waals surface area contributed by atoms with Gasteiger partial charge < -0.3 is 10.2 Å². The van der Waals surface area contributed by atoms with Gasteiger partial charge in [-0.2, -0.15) is 0 Å². The number of carbonyl (C=O) groups excluding carboxylic acids is 1. The number of anilines is 1. The molecule has 0 unspecified atom stereocenters. The van der Waals surface area contributed by atoms with Crippen molar-refractivity contribution in [3.63, 3.8) is 0 Å². The number of nitrogens with one attached hydrogen (secondary N) is 1. The molecule has 1 aliphatic rings. The zero-order valence-electron chi connectivity index (χ0n) is 17.7. The number of rotatable bonds is 7. The maximum atomic E-state index is 13.2. The van der Waals surface area contributed by atoms with Gasteiger partial charge in [-0.3, -0.25) is 14.9 Å². The number of likely N-dealkylation sites (tertiary alicyclic amines) is 1. The van der Waals surface area contributed by atoms with Crippen molar-refractivity contribution in [1.82, 2.24) is 4.90 Å². The van der Waals surface area contributed by atoms with Crippen molar-refractivity contribution in [2.24, 2.45) is 5.41 Å². The Hall–Kier alpha value is -2.51. The highest BCUT2D eigenvalue weighted by atomic mass is 35.5. The third-order valence-electron chi connectivity index (χ3n) is 5.52. The summed E-state index contributed by atoms with van der Waals surface area (Å²) in [4.78, 5) is 27.1. The van der Waals surface area contributed by atoms with E-state index in [0.29, 0.717) is 22.8 Å². The lowest BCUT2D eigenvalue weighted by Crippen LogP contribution is -2.45. The van der Waals surface area contributed by atoms with E-state index >= 15 is 0 Å². The molecule has 8 heteroatoms. The molecule has 6 nitrogen and oxygen atoms in total. The van der Waals surface area contributed by atoms with Gasteiger partial charge in [0.05, 0.1) is 20.5 Å². The number of nitro groups is 1. The summed E-state index contributed by atoms with van der Waals surface area (Å²) in [5.74, 6) is -0.367. The molecule has 0 radical (unpaired) electrons. The molecular formula is C23H26ClN3O3S. The van der Waals surface area contributed by atoms with E-state index in [9.17, 15) is 14.9 Å². The van der Waals surface area contributed by atoms with E-state index in [1.54, 1.807) is 30.3 Å². The number of carbonyl (C=O) groups is 1. The molecule has 0 aliphatic carbocycles. The van der Waals surface area contributed by atoms with Crippen molar-refractivity contribution < 1.29 is 9.72 Å². The zero-order chi connectivity index (χ0) is 22.6. The number of piperidine rings is 1. The number of thiocarbonyl (C=S) groups is 1. The average Bonchev–Trinajstić information content (AvgIpc) is 2.77. The molecule has 31 heavy (non-hydrogen) atoms. The quantitative estimate of drug-likeness (QED) is 0.246. The van der Waals surface area contributed by atoms with E-state index in [2.05, 4.69) is 24.1 Å². The van der Waals surface area contributed by atoms with Crippen LogP contribution in [0.15, 0.2) is 42.5 Å². The van der Waals surface area contributed by atoms with Crippen LogP contribution in [0.25, 0.3) is 0 Å². The van der Waals surface area contributed by atoms with E-state index in [1.807, 2.05) is 0 Å². The first-order valence-electron chi connectivity index (χ1n) is 10.3. The largest absolute Gasteiger partial charge is 0.383 e. The minimum absolute atomic E-state index is 0.149. The van der Waals surface area contributed by atoms with Crippen molar-refractivity contribution in [3.05, 3.63) is 68.7 Å². The molecule has 0 saturated carbocycles. The predicted molar refractivity (Wildman–Crippen MR) is 128 cm³/mol. The number of benzene rings is 2. The summed E-state index contributed by atoms with van der Waals surface area (Å²) in [5, 5.41) is 14.9. The van der Waals surface area contributed by atoms with Gasteiger partial charge in [0.15, 0.2) is 5.78 Å². The lowest BCUT2D eigenvalue weighted by Gasteiger charge is -2.37. The second kappa shape index (κ2) is 9.75. The molecule has 1 N–H and O–H groups in total. The maximum absolute atomic E-state index is 13.2. The summed E-state index contributed by atoms with van der Waals surface area (Å²) < 4.78 is 0. The summed E-state index contributed by atoms with van der Waals surface area (Å²) in [6, 6.07) is 10.9. The minimum atomic E-state index is -0.511. The molecule has 0 aromatic heterocycles. The highest BCUT2D eigenvalue weighted by molar-refractivity contribution is 7.80. The highest BCUT2D eigenvalue weighted by Gasteiger charge is 2.29. The monoisotopic (exact) mass is 459 g/mol. The number of halogens is 1. The van der Waals surface area contributed by atoms with Crippen LogP contribution in [0.3, 0.4) is 0 Å². The molecule has 2 aromatic carbocycles. The lowest BCUT2D eigenvalue weighted by molar-refractivity contribution is -0.384. The fourth-order valence-electron chi connectivity index (χ4n) is 3.70. The SMILES string of the molecule is CC(C)(CNc1ccc([N+](=O)[O-])cc1C(=O)c1ccccc1Cl)C(=S)N1CCCCC1. The first-order valence-corrected chi connectivity index (χ1v) is 11.1. The van der Waals surface area contributed by atoms with Crippen LogP contribution in [0.1, 0.15) is 49.0 Å². The first-order chi connectivity index (χ1) is 14.7. The molecule has 0 bridgehead atoms. The Kier molecular flexibility index (Phi) is 7.28. The van der Waals surface area contributed by atoms with Crippen LogP contribution in [0.5, 0.6) is 0 Å². The van der Waals surface area contributed by atoms with E-state index in [0.717, 1.165) is 30.9 Å². The molecule has 164 valence electrons. The summed E-state index contributed by atoms with van der Waals surface area (Å²) in [6.07, 6.45) is 3.51. The average molecular weight is 460 g/mol. The Morgan fingerprint density at radius 3 is 2.48 bits per heavy atom. The van der Waals surface area contributed by atoms with Crippen LogP contribution in [-0.4, -0.2) is 40.2 Å². The fraction of sp³-hybridized carbons (Fsp3) is 0.391. The standard InChI is InChI=1S/C23H26ClN3O3S/c1-23(2,22(31)26-12-6-3-7-13-26)15-25-20-11-10-16(27(29)30)14-18(20)21(28)17-8-4-5-9-19(17)24/h4-5,8-11,14,25H,3,6-7,12-13,15H2,1-2H3. The highest BCUT2D eigenvalue weighted by Crippen LogP contribution is 2.30. The summed E-state index contributed by atoms with van der Waals surface area (Å²) in [5.41, 5.74) is 0.547. The van der Waals surface area contributed by atoms with Crippen molar-refractivity contribution >= 4 is 46.0 Å². The summed E-state index contributed by atoms with van der Waals surface area (Å²) in [7, 11) is 0. The second-order valence-corrected chi connectivity index (χ2v) is 9.18. The van der Waals surface area contributed by atoms with Crippen LogP contribution in [0.4, 0.5) is 11.4 Å². The van der Waals surface area contributed by atoms with Crippen molar-refractivity contribution in [3.8, 4) is 0 Å². The number of nitro benzene ring substituents is 1. The number of hydrogen-bond acceptors (Lipinski definition) is 5. The summed E-state index contributed by atoms with van der Waals surface area (Å²) >= 11 is 12.0. The number of non-ortho nitro benzene ring substituents is 1. The zero-order valence-corrected chi connectivity index (χ0v) is 19.3. The van der Waals surface area contributed by atoms with Gasteiger partial charge in [-0.15, -0.1) is 0 Å². The Bertz CT molecular complexity index is 1000. The van der Waals surface area contributed by atoms with Crippen molar-refractivity contribution in [2.75, 3.05) is 25.0 Å². The van der Waals surface area contributed by atoms with Gasteiger partial charge in [-0.1, -0.05) is 49.8 Å². The molecule has 1 fully saturated rings. The number of ketones is 1. The molecule has 1 aliphatic heterocycles. The number of nitrogens with zero attached hydrogens (tertiary/aromatic N) is 2. The molecule has 1 saturated heterocycles. The number of hydrogen-bond donors (Lipinski definition) is 1. The van der Waals surface area contributed by atoms with Crippen LogP contribution in [-0.2, 0) is 0 Å². The molecule has 3 rings (SSSR count). The van der Waals surface area contributed by atoms with Gasteiger partial charge in [0, 0.05) is 48.4 Å². The van der Waals surface area contributed by atoms with Gasteiger partial charge in [0.1, 0.15) is 0 Å². The Balaban J connectivity index is 1.86. The molecule has 2 aromatic rings. The fourth-order valence-corrected chi connectivity index (χ4v) is 4.17. The van der Waals surface area contributed by atoms with Gasteiger partial charge in [-0.05, 0) is 37.5 Å². The van der Waals surface area contributed by atoms with Gasteiger partial charge in [0.2, 0.25) is 0 Å². The smallest absolute Gasteiger partial charge is 0.270 e. The maximum Gasteiger partial charge on any atom is 0.270 e. The van der Waals surface area contributed by atoms with Crippen LogP contribution < -0.4 is 5.32 Å². The van der Waals surface area contributed by atoms with Gasteiger partial charge >= 0.3 is 0 Å². The second-order valence-electron chi connectivity index (χ2n) is 8.39. The molecule has 1 heterocycles. The third-order valence-corrected chi connectivity index (χ3v) is 6.66. The predicted octanol–water partition coefficient (Wildman–Crippen LogP) is 5.73. The molecule has 0 spiro atoms. The topological polar surface area (TPSA) is 75.5 Å². The molecule has 0 atom stereocenters.